The van der Waals surface area contributed by atoms with E-state index in [2.05, 4.69) is 4.74 Å². The lowest BCUT2D eigenvalue weighted by molar-refractivity contribution is -0.134. The SMILES string of the molecule is COC(=O)/C=C\c1cc(C)c(Cl)cc1OC. The quantitative estimate of drug-likeness (QED) is 0.602. The van der Waals surface area contributed by atoms with Gasteiger partial charge in [0.05, 0.1) is 14.2 Å². The van der Waals surface area contributed by atoms with Gasteiger partial charge in [-0.2, -0.15) is 0 Å². The number of rotatable bonds is 3. The lowest BCUT2D eigenvalue weighted by Gasteiger charge is -2.07. The van der Waals surface area contributed by atoms with Crippen LogP contribution in [0.2, 0.25) is 5.02 Å². The summed E-state index contributed by atoms with van der Waals surface area (Å²) in [6.45, 7) is 1.89. The maximum atomic E-state index is 11.0. The van der Waals surface area contributed by atoms with Gasteiger partial charge in [-0.1, -0.05) is 11.6 Å². The van der Waals surface area contributed by atoms with Gasteiger partial charge in [-0.05, 0) is 30.7 Å². The number of esters is 1. The molecule has 0 aliphatic carbocycles. The van der Waals surface area contributed by atoms with Crippen LogP contribution in [-0.2, 0) is 9.53 Å². The summed E-state index contributed by atoms with van der Waals surface area (Å²) in [5.41, 5.74) is 1.71. The van der Waals surface area contributed by atoms with Gasteiger partial charge in [-0.25, -0.2) is 4.79 Å². The molecular formula is C12H13ClO3. The van der Waals surface area contributed by atoms with Crippen molar-refractivity contribution in [1.29, 1.82) is 0 Å². The zero-order valence-electron chi connectivity index (χ0n) is 9.41. The average molecular weight is 241 g/mol. The molecule has 3 nitrogen and oxygen atoms in total. The van der Waals surface area contributed by atoms with Gasteiger partial charge in [-0.15, -0.1) is 0 Å². The first-order chi connectivity index (χ1) is 7.58. The van der Waals surface area contributed by atoms with Crippen molar-refractivity contribution in [1.82, 2.24) is 0 Å². The maximum Gasteiger partial charge on any atom is 0.330 e. The standard InChI is InChI=1S/C12H13ClO3/c1-8-6-9(4-5-12(14)16-3)11(15-2)7-10(8)13/h4-7H,1-3H3/b5-4-. The van der Waals surface area contributed by atoms with Gasteiger partial charge in [0.25, 0.3) is 0 Å². The van der Waals surface area contributed by atoms with Gasteiger partial charge in [0.15, 0.2) is 0 Å². The molecular weight excluding hydrogens is 228 g/mol. The highest BCUT2D eigenvalue weighted by Crippen LogP contribution is 2.27. The zero-order chi connectivity index (χ0) is 12.1. The third-order valence-electron chi connectivity index (χ3n) is 2.11. The van der Waals surface area contributed by atoms with Crippen LogP contribution in [-0.4, -0.2) is 20.2 Å². The molecule has 0 unspecified atom stereocenters. The molecule has 0 aliphatic rings. The maximum absolute atomic E-state index is 11.0. The summed E-state index contributed by atoms with van der Waals surface area (Å²) in [5.74, 6) is 0.213. The Morgan fingerprint density at radius 2 is 2.06 bits per heavy atom. The Hall–Kier alpha value is -1.48. The summed E-state index contributed by atoms with van der Waals surface area (Å²) in [6.07, 6.45) is 2.97. The minimum atomic E-state index is -0.408. The first kappa shape index (κ1) is 12.6. The van der Waals surface area contributed by atoms with Crippen LogP contribution < -0.4 is 4.74 Å². The van der Waals surface area contributed by atoms with Crippen LogP contribution in [0, 0.1) is 6.92 Å². The molecule has 0 N–H and O–H groups in total. The Morgan fingerprint density at radius 3 is 2.62 bits per heavy atom. The first-order valence-electron chi connectivity index (χ1n) is 4.68. The Labute approximate surface area is 99.6 Å². The lowest BCUT2D eigenvalue weighted by atomic mass is 10.1. The fraction of sp³-hybridized carbons (Fsp3) is 0.250. The molecule has 0 aliphatic heterocycles. The molecule has 0 spiro atoms. The van der Waals surface area contributed by atoms with E-state index in [0.717, 1.165) is 11.1 Å². The lowest BCUT2D eigenvalue weighted by Crippen LogP contribution is -1.94. The van der Waals surface area contributed by atoms with Crippen molar-refractivity contribution in [3.63, 3.8) is 0 Å². The number of aryl methyl sites for hydroxylation is 1. The Bertz CT molecular complexity index is 425. The molecule has 0 amide bonds. The van der Waals surface area contributed by atoms with Crippen LogP contribution in [0.25, 0.3) is 6.08 Å². The summed E-state index contributed by atoms with van der Waals surface area (Å²) in [5, 5.41) is 0.632. The van der Waals surface area contributed by atoms with Crippen molar-refractivity contribution in [2.45, 2.75) is 6.92 Å². The van der Waals surface area contributed by atoms with Crippen molar-refractivity contribution < 1.29 is 14.3 Å². The summed E-state index contributed by atoms with van der Waals surface area (Å²) in [6, 6.07) is 3.56. The van der Waals surface area contributed by atoms with Crippen LogP contribution >= 0.6 is 11.6 Å². The van der Waals surface area contributed by atoms with Crippen molar-refractivity contribution in [2.24, 2.45) is 0 Å². The Kier molecular flexibility index (Phi) is 4.38. The number of carbonyl (C=O) groups is 1. The summed E-state index contributed by atoms with van der Waals surface area (Å²) < 4.78 is 9.67. The highest BCUT2D eigenvalue weighted by molar-refractivity contribution is 6.31. The topological polar surface area (TPSA) is 35.5 Å². The summed E-state index contributed by atoms with van der Waals surface area (Å²) >= 11 is 5.96. The summed E-state index contributed by atoms with van der Waals surface area (Å²) in [4.78, 5) is 11.0. The second-order valence-electron chi connectivity index (χ2n) is 3.20. The molecule has 0 bridgehead atoms. The predicted molar refractivity (Wildman–Crippen MR) is 63.8 cm³/mol. The Balaban J connectivity index is 3.07. The van der Waals surface area contributed by atoms with E-state index in [9.17, 15) is 4.79 Å². The zero-order valence-corrected chi connectivity index (χ0v) is 10.2. The first-order valence-corrected chi connectivity index (χ1v) is 5.06. The molecule has 86 valence electrons. The van der Waals surface area contributed by atoms with E-state index in [4.69, 9.17) is 16.3 Å². The largest absolute Gasteiger partial charge is 0.496 e. The molecule has 0 heterocycles. The van der Waals surface area contributed by atoms with Crippen molar-refractivity contribution in [2.75, 3.05) is 14.2 Å². The van der Waals surface area contributed by atoms with Crippen molar-refractivity contribution >= 4 is 23.6 Å². The molecule has 0 radical (unpaired) electrons. The van der Waals surface area contributed by atoms with E-state index in [1.165, 1.54) is 13.2 Å². The van der Waals surface area contributed by atoms with Crippen molar-refractivity contribution in [3.05, 3.63) is 34.4 Å². The van der Waals surface area contributed by atoms with Crippen LogP contribution in [0.4, 0.5) is 0 Å². The predicted octanol–water partition coefficient (Wildman–Crippen LogP) is 2.84. The second-order valence-corrected chi connectivity index (χ2v) is 3.61. The smallest absolute Gasteiger partial charge is 0.330 e. The summed E-state index contributed by atoms with van der Waals surface area (Å²) in [7, 11) is 2.88. The molecule has 0 fully saturated rings. The third kappa shape index (κ3) is 3.00. The molecule has 1 rings (SSSR count). The minimum absolute atomic E-state index is 0.408. The molecule has 16 heavy (non-hydrogen) atoms. The van der Waals surface area contributed by atoms with E-state index < -0.39 is 5.97 Å². The minimum Gasteiger partial charge on any atom is -0.496 e. The van der Waals surface area contributed by atoms with Crippen LogP contribution in [0.1, 0.15) is 11.1 Å². The van der Waals surface area contributed by atoms with Crippen LogP contribution in [0.15, 0.2) is 18.2 Å². The molecule has 0 atom stereocenters. The van der Waals surface area contributed by atoms with E-state index in [-0.39, 0.29) is 0 Å². The number of benzene rings is 1. The fourth-order valence-corrected chi connectivity index (χ4v) is 1.37. The van der Waals surface area contributed by atoms with Gasteiger partial charge in [-0.3, -0.25) is 0 Å². The van der Waals surface area contributed by atoms with Gasteiger partial charge in [0, 0.05) is 16.7 Å². The number of carbonyl (C=O) groups excluding carboxylic acids is 1. The van der Waals surface area contributed by atoms with Gasteiger partial charge in [0.1, 0.15) is 5.75 Å². The van der Waals surface area contributed by atoms with Gasteiger partial charge >= 0.3 is 5.97 Å². The highest BCUT2D eigenvalue weighted by Gasteiger charge is 2.04. The molecule has 4 heteroatoms. The number of ether oxygens (including phenoxy) is 2. The van der Waals surface area contributed by atoms with E-state index in [1.807, 2.05) is 13.0 Å². The molecule has 0 saturated heterocycles. The molecule has 0 aromatic heterocycles. The van der Waals surface area contributed by atoms with E-state index >= 15 is 0 Å². The monoisotopic (exact) mass is 240 g/mol. The number of hydrogen-bond acceptors (Lipinski definition) is 3. The normalized spacial score (nSPS) is 10.5. The number of methoxy groups -OCH3 is 2. The number of hydrogen-bond donors (Lipinski definition) is 0. The highest BCUT2D eigenvalue weighted by atomic mass is 35.5. The number of halogens is 1. The molecule has 0 saturated carbocycles. The Morgan fingerprint density at radius 1 is 1.38 bits per heavy atom. The van der Waals surface area contributed by atoms with E-state index in [0.29, 0.717) is 10.8 Å². The van der Waals surface area contributed by atoms with Crippen LogP contribution in [0.5, 0.6) is 5.75 Å². The second kappa shape index (κ2) is 5.56. The molecule has 1 aromatic rings. The van der Waals surface area contributed by atoms with Crippen LogP contribution in [0.3, 0.4) is 0 Å². The average Bonchev–Trinajstić information content (AvgIpc) is 2.29. The van der Waals surface area contributed by atoms with E-state index in [1.54, 1.807) is 19.3 Å². The molecule has 1 aromatic carbocycles. The third-order valence-corrected chi connectivity index (χ3v) is 2.52. The fourth-order valence-electron chi connectivity index (χ4n) is 1.22. The van der Waals surface area contributed by atoms with Gasteiger partial charge in [0.2, 0.25) is 0 Å². The van der Waals surface area contributed by atoms with Crippen molar-refractivity contribution in [3.8, 4) is 5.75 Å². The van der Waals surface area contributed by atoms with Gasteiger partial charge < -0.3 is 9.47 Å².